The second kappa shape index (κ2) is 16.9. The summed E-state index contributed by atoms with van der Waals surface area (Å²) in [5.74, 6) is 1.49. The van der Waals surface area contributed by atoms with Crippen molar-refractivity contribution in [1.82, 2.24) is 9.55 Å². The van der Waals surface area contributed by atoms with E-state index >= 15 is 0 Å². The Bertz CT molecular complexity index is 1240. The van der Waals surface area contributed by atoms with E-state index in [0.29, 0.717) is 5.95 Å². The van der Waals surface area contributed by atoms with E-state index in [2.05, 4.69) is 59.3 Å². The third kappa shape index (κ3) is 9.60. The highest BCUT2D eigenvalue weighted by molar-refractivity contribution is 6.15. The first-order valence-corrected chi connectivity index (χ1v) is 13.4. The number of anilines is 2. The minimum Gasteiger partial charge on any atom is -0.385 e. The first kappa shape index (κ1) is 30.5. The average molecular weight is 560 g/mol. The molecule has 4 rings (SSSR count). The van der Waals surface area contributed by atoms with Crippen LogP contribution < -0.4 is 19.8 Å². The van der Waals surface area contributed by atoms with E-state index in [-0.39, 0.29) is 0 Å². The molecule has 38 heavy (non-hydrogen) atoms. The molecule has 0 bridgehead atoms. The van der Waals surface area contributed by atoms with Gasteiger partial charge in [0.1, 0.15) is 11.4 Å². The minimum absolute atomic E-state index is 0.704. The lowest BCUT2D eigenvalue weighted by Gasteiger charge is -2.08. The maximum absolute atomic E-state index is 4.64. The SMILES string of the molecule is CCl.CCl.Cn1cc[n+](C)c1N=Nc1ccc(NCCCNc2ccc(N=Nc3[nH]cc[n+]3C)cc2)cc1. The molecule has 0 spiro atoms. The number of nitrogens with one attached hydrogen (secondary N) is 3. The molecule has 10 nitrogen and oxygen atoms in total. The molecule has 2 aromatic heterocycles. The smallest absolute Gasteiger partial charge is 0.385 e. The van der Waals surface area contributed by atoms with Gasteiger partial charge in [-0.25, -0.2) is 18.7 Å². The highest BCUT2D eigenvalue weighted by atomic mass is 35.5. The van der Waals surface area contributed by atoms with Crippen LogP contribution in [0, 0.1) is 0 Å². The average Bonchev–Trinajstić information content (AvgIpc) is 3.53. The van der Waals surface area contributed by atoms with Crippen LogP contribution in [0.4, 0.5) is 34.6 Å². The van der Waals surface area contributed by atoms with Crippen LogP contribution in [0.3, 0.4) is 0 Å². The minimum atomic E-state index is 0.704. The fourth-order valence-corrected chi connectivity index (χ4v) is 3.27. The van der Waals surface area contributed by atoms with Crippen molar-refractivity contribution in [1.29, 1.82) is 0 Å². The number of hydrogen-bond acceptors (Lipinski definition) is 6. The molecule has 0 saturated heterocycles. The van der Waals surface area contributed by atoms with E-state index in [1.165, 1.54) is 12.8 Å². The zero-order chi connectivity index (χ0) is 27.8. The van der Waals surface area contributed by atoms with Gasteiger partial charge < -0.3 is 10.6 Å². The molecule has 0 radical (unpaired) electrons. The Labute approximate surface area is 234 Å². The summed E-state index contributed by atoms with van der Waals surface area (Å²) in [5, 5.41) is 24.0. The zero-order valence-electron chi connectivity index (χ0n) is 22.4. The van der Waals surface area contributed by atoms with Gasteiger partial charge in [-0.2, -0.15) is 0 Å². The molecule has 0 atom stereocenters. The number of halogens is 2. The highest BCUT2D eigenvalue weighted by Gasteiger charge is 2.10. The van der Waals surface area contributed by atoms with Crippen LogP contribution in [-0.4, -0.2) is 35.4 Å². The number of alkyl halides is 2. The predicted octanol–water partition coefficient (Wildman–Crippen LogP) is 6.46. The number of benzene rings is 2. The van der Waals surface area contributed by atoms with Crippen LogP contribution in [0.5, 0.6) is 0 Å². The number of aromatic nitrogens is 4. The number of imidazole rings is 2. The molecule has 0 fully saturated rings. The number of nitrogens with zero attached hydrogens (tertiary/aromatic N) is 7. The Morgan fingerprint density at radius 3 is 1.71 bits per heavy atom. The first-order chi connectivity index (χ1) is 18.6. The highest BCUT2D eigenvalue weighted by Crippen LogP contribution is 2.20. The van der Waals surface area contributed by atoms with Crippen LogP contribution in [-0.2, 0) is 21.1 Å². The summed E-state index contributed by atoms with van der Waals surface area (Å²) >= 11 is 9.28. The summed E-state index contributed by atoms with van der Waals surface area (Å²) in [6, 6.07) is 15.9. The molecule has 4 aromatic rings. The topological polar surface area (TPSA) is 102 Å². The quantitative estimate of drug-likeness (QED) is 0.0899. The first-order valence-electron chi connectivity index (χ1n) is 11.9. The maximum atomic E-state index is 4.64. The number of azo groups is 2. The van der Waals surface area contributed by atoms with Crippen molar-refractivity contribution in [2.24, 2.45) is 41.6 Å². The molecule has 0 unspecified atom stereocenters. The molecule has 202 valence electrons. The summed E-state index contributed by atoms with van der Waals surface area (Å²) in [4.78, 5) is 3.03. The lowest BCUT2D eigenvalue weighted by molar-refractivity contribution is -0.657. The summed E-state index contributed by atoms with van der Waals surface area (Å²) in [6.45, 7) is 1.73. The summed E-state index contributed by atoms with van der Waals surface area (Å²) in [7, 11) is 5.81. The normalized spacial score (nSPS) is 10.6. The van der Waals surface area contributed by atoms with E-state index in [4.69, 9.17) is 0 Å². The molecule has 2 heterocycles. The van der Waals surface area contributed by atoms with Gasteiger partial charge in [-0.3, -0.25) is 0 Å². The molecule has 0 aliphatic heterocycles. The van der Waals surface area contributed by atoms with Crippen LogP contribution in [0.1, 0.15) is 6.42 Å². The third-order valence-electron chi connectivity index (χ3n) is 5.25. The fraction of sp³-hybridized carbons (Fsp3) is 0.308. The van der Waals surface area contributed by atoms with Crippen molar-refractivity contribution in [3.05, 3.63) is 73.3 Å². The monoisotopic (exact) mass is 558 g/mol. The third-order valence-corrected chi connectivity index (χ3v) is 5.25. The lowest BCUT2D eigenvalue weighted by atomic mass is 10.2. The molecule has 0 amide bonds. The van der Waals surface area contributed by atoms with E-state index < -0.39 is 0 Å². The van der Waals surface area contributed by atoms with Gasteiger partial charge in [0.05, 0.1) is 45.9 Å². The van der Waals surface area contributed by atoms with Gasteiger partial charge in [-0.15, -0.1) is 23.2 Å². The van der Waals surface area contributed by atoms with Crippen molar-refractivity contribution < 1.29 is 9.13 Å². The maximum Gasteiger partial charge on any atom is 0.421 e. The van der Waals surface area contributed by atoms with E-state index in [0.717, 1.165) is 48.2 Å². The van der Waals surface area contributed by atoms with Crippen molar-refractivity contribution in [3.8, 4) is 0 Å². The van der Waals surface area contributed by atoms with Crippen molar-refractivity contribution in [2.45, 2.75) is 6.42 Å². The van der Waals surface area contributed by atoms with Gasteiger partial charge in [-0.1, -0.05) is 10.2 Å². The molecule has 12 heteroatoms. The van der Waals surface area contributed by atoms with Crippen molar-refractivity contribution >= 4 is 57.8 Å². The van der Waals surface area contributed by atoms with E-state index in [1.807, 2.05) is 108 Å². The molecular formula is C26H36Cl2N10+2. The molecular weight excluding hydrogens is 523 g/mol. The van der Waals surface area contributed by atoms with Crippen LogP contribution in [0.15, 0.2) is 93.8 Å². The van der Waals surface area contributed by atoms with Crippen molar-refractivity contribution in [2.75, 3.05) is 36.5 Å². The van der Waals surface area contributed by atoms with Crippen LogP contribution >= 0.6 is 23.2 Å². The van der Waals surface area contributed by atoms with Crippen LogP contribution in [0.25, 0.3) is 0 Å². The van der Waals surface area contributed by atoms with Gasteiger partial charge in [0.15, 0.2) is 0 Å². The Morgan fingerprint density at radius 1 is 0.737 bits per heavy atom. The fourth-order valence-electron chi connectivity index (χ4n) is 3.27. The second-order valence-electron chi connectivity index (χ2n) is 7.92. The second-order valence-corrected chi connectivity index (χ2v) is 7.92. The standard InChI is InChI=1S/C24H28N10.2CH3Cl/c1-32-16-15-27-23(32)30-28-21-9-5-19(6-10-21)25-13-4-14-26-20-7-11-22(12-8-20)29-31-24-33(2)17-18-34(24)3;2*1-2/h5-12,15-18H,4,13-14H2,1-3H3,(H,25,27,30);2*1H3/p+2. The molecule has 2 aromatic carbocycles. The van der Waals surface area contributed by atoms with Crippen LogP contribution in [0.2, 0.25) is 0 Å². The van der Waals surface area contributed by atoms with Gasteiger partial charge in [0.2, 0.25) is 0 Å². The van der Waals surface area contributed by atoms with Crippen molar-refractivity contribution in [3.63, 3.8) is 0 Å². The lowest BCUT2D eigenvalue weighted by Crippen LogP contribution is -2.25. The predicted molar refractivity (Wildman–Crippen MR) is 155 cm³/mol. The molecule has 0 aliphatic rings. The number of aromatic amines is 1. The number of aryl methyl sites for hydroxylation is 3. The number of H-pyrrole nitrogens is 1. The number of hydrogen-bond donors (Lipinski definition) is 3. The van der Waals surface area contributed by atoms with E-state index in [9.17, 15) is 0 Å². The van der Waals surface area contributed by atoms with Gasteiger partial charge >= 0.3 is 11.9 Å². The summed E-state index contributed by atoms with van der Waals surface area (Å²) in [6.07, 6.45) is 11.5. The Morgan fingerprint density at radius 2 is 1.26 bits per heavy atom. The van der Waals surface area contributed by atoms with Gasteiger partial charge in [0.25, 0.3) is 0 Å². The number of rotatable bonds is 10. The molecule has 3 N–H and O–H groups in total. The Balaban J connectivity index is 0.00000121. The Kier molecular flexibility index (Phi) is 13.5. The zero-order valence-corrected chi connectivity index (χ0v) is 23.9. The van der Waals surface area contributed by atoms with Gasteiger partial charge in [-0.05, 0) is 55.0 Å². The van der Waals surface area contributed by atoms with Gasteiger partial charge in [0, 0.05) is 47.5 Å². The Hall–Kier alpha value is -3.76. The summed E-state index contributed by atoms with van der Waals surface area (Å²) < 4.78 is 5.73. The largest absolute Gasteiger partial charge is 0.421 e. The molecule has 0 aliphatic carbocycles. The molecule has 0 saturated carbocycles. The summed E-state index contributed by atoms with van der Waals surface area (Å²) in [5.41, 5.74) is 3.75. The van der Waals surface area contributed by atoms with E-state index in [1.54, 1.807) is 0 Å².